The number of hydrogen-bond donors (Lipinski definition) is 1. The molecule has 1 N–H and O–H groups in total. The molecule has 0 radical (unpaired) electrons. The first-order valence-corrected chi connectivity index (χ1v) is 9.21. The molecule has 27 heavy (non-hydrogen) atoms. The van der Waals surface area contributed by atoms with E-state index in [9.17, 15) is 4.79 Å². The number of ether oxygens (including phenoxy) is 2. The van der Waals surface area contributed by atoms with Gasteiger partial charge in [-0.25, -0.2) is 0 Å². The zero-order valence-electron chi connectivity index (χ0n) is 14.7. The van der Waals surface area contributed by atoms with E-state index in [1.807, 2.05) is 53.1 Å². The number of hydrogen-bond acceptors (Lipinski definition) is 6. The summed E-state index contributed by atoms with van der Waals surface area (Å²) in [5.74, 6) is 1.00. The van der Waals surface area contributed by atoms with Crippen LogP contribution in [0.5, 0.6) is 11.5 Å². The van der Waals surface area contributed by atoms with Gasteiger partial charge in [-0.05, 0) is 17.7 Å². The third kappa shape index (κ3) is 5.24. The molecule has 0 fully saturated rings. The molecule has 0 aliphatic heterocycles. The number of methoxy groups -OCH3 is 1. The van der Waals surface area contributed by atoms with Crippen LogP contribution < -0.4 is 9.47 Å². The highest BCUT2D eigenvalue weighted by Crippen LogP contribution is 2.22. The normalized spacial score (nSPS) is 10.6. The van der Waals surface area contributed by atoms with Gasteiger partial charge < -0.3 is 14.6 Å². The lowest BCUT2D eigenvalue weighted by atomic mass is 10.2. The third-order valence-corrected chi connectivity index (χ3v) is 4.66. The van der Waals surface area contributed by atoms with Gasteiger partial charge in [0, 0.05) is 6.07 Å². The zero-order chi connectivity index (χ0) is 19.1. The van der Waals surface area contributed by atoms with E-state index in [1.165, 1.54) is 0 Å². The van der Waals surface area contributed by atoms with Gasteiger partial charge in [0.2, 0.25) is 0 Å². The Hall–Kier alpha value is -3.00. The first kappa shape index (κ1) is 18.8. The maximum absolute atomic E-state index is 10.9. The Balaban J connectivity index is 1.79. The maximum atomic E-state index is 10.9. The van der Waals surface area contributed by atoms with Crippen molar-refractivity contribution in [3.63, 3.8) is 0 Å². The SMILES string of the molecule is COc1cccc(OCc2nnc(SCC(=O)O)n2Cc2ccccc2)c1. The van der Waals surface area contributed by atoms with Gasteiger partial charge in [-0.1, -0.05) is 48.2 Å². The molecular weight excluding hydrogens is 366 g/mol. The van der Waals surface area contributed by atoms with Gasteiger partial charge >= 0.3 is 5.97 Å². The van der Waals surface area contributed by atoms with Crippen LogP contribution in [0.25, 0.3) is 0 Å². The van der Waals surface area contributed by atoms with E-state index >= 15 is 0 Å². The first-order valence-electron chi connectivity index (χ1n) is 8.23. The fourth-order valence-electron chi connectivity index (χ4n) is 2.42. The zero-order valence-corrected chi connectivity index (χ0v) is 15.6. The Bertz CT molecular complexity index is 899. The van der Waals surface area contributed by atoms with Crippen LogP contribution >= 0.6 is 11.8 Å². The molecule has 3 aromatic rings. The molecular formula is C19H19N3O4S. The predicted molar refractivity (Wildman–Crippen MR) is 101 cm³/mol. The average molecular weight is 385 g/mol. The maximum Gasteiger partial charge on any atom is 0.313 e. The van der Waals surface area contributed by atoms with Crippen molar-refractivity contribution >= 4 is 17.7 Å². The van der Waals surface area contributed by atoms with Crippen molar-refractivity contribution in [3.05, 3.63) is 66.0 Å². The Labute approximate surface area is 161 Å². The first-order chi connectivity index (χ1) is 13.2. The number of benzene rings is 2. The highest BCUT2D eigenvalue weighted by molar-refractivity contribution is 7.99. The number of rotatable bonds is 9. The van der Waals surface area contributed by atoms with Crippen LogP contribution in [0.2, 0.25) is 0 Å². The molecule has 0 unspecified atom stereocenters. The number of thioether (sulfide) groups is 1. The second-order valence-corrected chi connectivity index (χ2v) is 6.56. The van der Waals surface area contributed by atoms with Crippen molar-refractivity contribution in [1.82, 2.24) is 14.8 Å². The lowest BCUT2D eigenvalue weighted by molar-refractivity contribution is -0.133. The molecule has 7 nitrogen and oxygen atoms in total. The van der Waals surface area contributed by atoms with E-state index in [0.717, 1.165) is 17.3 Å². The van der Waals surface area contributed by atoms with Crippen LogP contribution in [-0.2, 0) is 17.9 Å². The third-order valence-electron chi connectivity index (χ3n) is 3.71. The standard InChI is InChI=1S/C19H19N3O4S/c1-25-15-8-5-9-16(10-15)26-12-17-20-21-19(27-13-18(23)24)22(17)11-14-6-3-2-4-7-14/h2-10H,11-13H2,1H3,(H,23,24). The van der Waals surface area contributed by atoms with Gasteiger partial charge in [-0.15, -0.1) is 10.2 Å². The molecule has 8 heteroatoms. The number of aromatic nitrogens is 3. The summed E-state index contributed by atoms with van der Waals surface area (Å²) in [5, 5.41) is 17.8. The molecule has 0 aliphatic carbocycles. The lowest BCUT2D eigenvalue weighted by Crippen LogP contribution is -2.10. The van der Waals surface area contributed by atoms with Crippen LogP contribution in [0.4, 0.5) is 0 Å². The molecule has 140 valence electrons. The van der Waals surface area contributed by atoms with E-state index in [-0.39, 0.29) is 12.4 Å². The number of carbonyl (C=O) groups is 1. The lowest BCUT2D eigenvalue weighted by Gasteiger charge is -2.11. The van der Waals surface area contributed by atoms with Gasteiger partial charge in [0.25, 0.3) is 0 Å². The summed E-state index contributed by atoms with van der Waals surface area (Å²) >= 11 is 1.14. The summed E-state index contributed by atoms with van der Waals surface area (Å²) < 4.78 is 12.9. The molecule has 0 amide bonds. The topological polar surface area (TPSA) is 86.5 Å². The average Bonchev–Trinajstić information content (AvgIpc) is 3.07. The Kier molecular flexibility index (Phi) is 6.32. The highest BCUT2D eigenvalue weighted by atomic mass is 32.2. The number of nitrogens with zero attached hydrogens (tertiary/aromatic N) is 3. The van der Waals surface area contributed by atoms with E-state index in [4.69, 9.17) is 14.6 Å². The molecule has 1 aromatic heterocycles. The van der Waals surface area contributed by atoms with Crippen molar-refractivity contribution in [1.29, 1.82) is 0 Å². The second kappa shape index (κ2) is 9.09. The van der Waals surface area contributed by atoms with Crippen LogP contribution in [-0.4, -0.2) is 38.7 Å². The quantitative estimate of drug-likeness (QED) is 0.566. The van der Waals surface area contributed by atoms with Crippen LogP contribution in [0.1, 0.15) is 11.4 Å². The molecule has 0 aliphatic rings. The van der Waals surface area contributed by atoms with E-state index in [0.29, 0.717) is 29.0 Å². The molecule has 0 spiro atoms. The van der Waals surface area contributed by atoms with Gasteiger partial charge in [0.05, 0.1) is 19.4 Å². The minimum atomic E-state index is -0.900. The summed E-state index contributed by atoms with van der Waals surface area (Å²) in [6, 6.07) is 17.2. The van der Waals surface area contributed by atoms with Crippen molar-refractivity contribution in [2.75, 3.05) is 12.9 Å². The molecule has 0 saturated carbocycles. The monoisotopic (exact) mass is 385 g/mol. The minimum Gasteiger partial charge on any atom is -0.497 e. The van der Waals surface area contributed by atoms with Crippen molar-refractivity contribution in [3.8, 4) is 11.5 Å². The molecule has 0 saturated heterocycles. The summed E-state index contributed by atoms with van der Waals surface area (Å²) in [6.07, 6.45) is 0. The highest BCUT2D eigenvalue weighted by Gasteiger charge is 2.15. The van der Waals surface area contributed by atoms with E-state index < -0.39 is 5.97 Å². The van der Waals surface area contributed by atoms with Crippen molar-refractivity contribution in [2.45, 2.75) is 18.3 Å². The van der Waals surface area contributed by atoms with E-state index in [2.05, 4.69) is 10.2 Å². The summed E-state index contributed by atoms with van der Waals surface area (Å²) in [5.41, 5.74) is 1.07. The van der Waals surface area contributed by atoms with E-state index in [1.54, 1.807) is 13.2 Å². The Morgan fingerprint density at radius 2 is 1.89 bits per heavy atom. The van der Waals surface area contributed by atoms with Gasteiger partial charge in [-0.3, -0.25) is 9.36 Å². The number of carboxylic acids is 1. The second-order valence-electron chi connectivity index (χ2n) is 5.62. The molecule has 1 heterocycles. The fraction of sp³-hybridized carbons (Fsp3) is 0.211. The van der Waals surface area contributed by atoms with Crippen LogP contribution in [0.3, 0.4) is 0 Å². The summed E-state index contributed by atoms with van der Waals surface area (Å²) in [4.78, 5) is 10.9. The molecule has 3 rings (SSSR count). The fourth-order valence-corrected chi connectivity index (χ4v) is 3.10. The smallest absolute Gasteiger partial charge is 0.313 e. The van der Waals surface area contributed by atoms with Crippen LogP contribution in [0.15, 0.2) is 59.8 Å². The minimum absolute atomic E-state index is 0.0797. The van der Waals surface area contributed by atoms with Gasteiger partial charge in [0.1, 0.15) is 18.1 Å². The largest absolute Gasteiger partial charge is 0.497 e. The van der Waals surface area contributed by atoms with Gasteiger partial charge in [0.15, 0.2) is 11.0 Å². The molecule has 0 bridgehead atoms. The Morgan fingerprint density at radius 1 is 1.11 bits per heavy atom. The molecule has 0 atom stereocenters. The number of carboxylic acid groups (broad SMARTS) is 1. The predicted octanol–water partition coefficient (Wildman–Crippen LogP) is 3.09. The van der Waals surface area contributed by atoms with Gasteiger partial charge in [-0.2, -0.15) is 0 Å². The number of aliphatic carboxylic acids is 1. The van der Waals surface area contributed by atoms with Crippen molar-refractivity contribution in [2.24, 2.45) is 0 Å². The summed E-state index contributed by atoms with van der Waals surface area (Å²) in [6.45, 7) is 0.743. The van der Waals surface area contributed by atoms with Crippen molar-refractivity contribution < 1.29 is 19.4 Å². The molecule has 2 aromatic carbocycles. The Morgan fingerprint density at radius 3 is 2.63 bits per heavy atom. The summed E-state index contributed by atoms with van der Waals surface area (Å²) in [7, 11) is 1.60. The van der Waals surface area contributed by atoms with Crippen LogP contribution in [0, 0.1) is 0 Å².